The summed E-state index contributed by atoms with van der Waals surface area (Å²) in [7, 11) is 0. The third kappa shape index (κ3) is 4.22. The predicted octanol–water partition coefficient (Wildman–Crippen LogP) is 12.6. The van der Waals surface area contributed by atoms with E-state index in [1.54, 1.807) is 12.1 Å². The van der Waals surface area contributed by atoms with Crippen LogP contribution < -0.4 is 0 Å². The molecule has 54 heavy (non-hydrogen) atoms. The Labute approximate surface area is 309 Å². The van der Waals surface area contributed by atoms with E-state index in [0.29, 0.717) is 5.56 Å². The molecule has 11 rings (SSSR count). The molecule has 0 aliphatic rings. The number of rotatable bonds is 5. The summed E-state index contributed by atoms with van der Waals surface area (Å²) in [5, 5.41) is 19.5. The van der Waals surface area contributed by atoms with Crippen LogP contribution in [0.15, 0.2) is 182 Å². The average molecular weight is 695 g/mol. The minimum atomic E-state index is -0.283. The Morgan fingerprint density at radius 3 is 1.35 bits per heavy atom. The topological polar surface area (TPSA) is 57.9 Å². The Kier molecular flexibility index (Phi) is 6.45. The summed E-state index contributed by atoms with van der Waals surface area (Å²) in [6.45, 7) is 0. The second-order valence-corrected chi connectivity index (χ2v) is 13.7. The Balaban J connectivity index is 1.27. The number of nitrogens with zero attached hydrogens (tertiary/aromatic N) is 4. The van der Waals surface area contributed by atoms with Gasteiger partial charge in [0.25, 0.3) is 5.69 Å². The molecule has 0 radical (unpaired) electrons. The molecule has 3 heterocycles. The molecule has 0 unspecified atom stereocenters. The largest absolute Gasteiger partial charge is 0.309 e. The number of fused-ring (bicyclic) bond motifs is 9. The van der Waals surface area contributed by atoms with Gasteiger partial charge < -0.3 is 13.7 Å². The average Bonchev–Trinajstić information content (AvgIpc) is 3.86. The molecular weight excluding hydrogens is 665 g/mol. The van der Waals surface area contributed by atoms with Crippen LogP contribution in [0, 0.1) is 10.1 Å². The van der Waals surface area contributed by atoms with Gasteiger partial charge in [0.05, 0.1) is 55.0 Å². The first-order valence-electron chi connectivity index (χ1n) is 18.0. The second kappa shape index (κ2) is 11.5. The molecule has 11 aromatic rings. The maximum Gasteiger partial charge on any atom is 0.277 e. The van der Waals surface area contributed by atoms with Crippen molar-refractivity contribution < 1.29 is 4.92 Å². The van der Waals surface area contributed by atoms with Gasteiger partial charge in [0, 0.05) is 49.6 Å². The lowest BCUT2D eigenvalue weighted by Gasteiger charge is -2.20. The molecule has 0 fully saturated rings. The number of para-hydroxylation sites is 7. The lowest BCUT2D eigenvalue weighted by molar-refractivity contribution is -0.384. The van der Waals surface area contributed by atoms with Crippen molar-refractivity contribution in [3.05, 3.63) is 192 Å². The van der Waals surface area contributed by atoms with Crippen molar-refractivity contribution in [2.45, 2.75) is 0 Å². The van der Waals surface area contributed by atoms with Gasteiger partial charge in [-0.05, 0) is 60.7 Å². The molecule has 6 nitrogen and oxygen atoms in total. The highest BCUT2D eigenvalue weighted by atomic mass is 16.6. The van der Waals surface area contributed by atoms with Crippen molar-refractivity contribution in [1.29, 1.82) is 0 Å². The molecular formula is C48H30N4O2. The minimum absolute atomic E-state index is 0.0645. The number of aromatic nitrogens is 3. The maximum atomic E-state index is 12.6. The summed E-state index contributed by atoms with van der Waals surface area (Å²) in [5.41, 5.74) is 10.8. The third-order valence-electron chi connectivity index (χ3n) is 10.9. The highest BCUT2D eigenvalue weighted by Gasteiger charge is 2.25. The molecule has 6 heteroatoms. The molecule has 0 aliphatic heterocycles. The molecule has 0 saturated carbocycles. The SMILES string of the molecule is O=[N+]([O-])c1ccccc1-c1cccc(-n2c3ccccc3c3cc(-n4c5ccccc5c5ccccc54)ccc32)c1-n1c2ccccc2c2ccccc21. The van der Waals surface area contributed by atoms with Gasteiger partial charge in [0.15, 0.2) is 0 Å². The molecule has 8 aromatic carbocycles. The fourth-order valence-corrected chi connectivity index (χ4v) is 8.75. The molecule has 0 N–H and O–H groups in total. The number of hydrogen-bond donors (Lipinski definition) is 0. The van der Waals surface area contributed by atoms with E-state index in [9.17, 15) is 10.1 Å². The van der Waals surface area contributed by atoms with Crippen LogP contribution in [0.3, 0.4) is 0 Å². The maximum absolute atomic E-state index is 12.6. The normalized spacial score (nSPS) is 11.9. The number of nitro groups is 1. The highest BCUT2D eigenvalue weighted by Crippen LogP contribution is 2.44. The number of nitro benzene ring substituents is 1. The Hall–Kier alpha value is -7.44. The summed E-state index contributed by atoms with van der Waals surface area (Å²) >= 11 is 0. The van der Waals surface area contributed by atoms with Crippen LogP contribution >= 0.6 is 0 Å². The Morgan fingerprint density at radius 2 is 0.796 bits per heavy atom. The third-order valence-corrected chi connectivity index (χ3v) is 10.9. The van der Waals surface area contributed by atoms with Gasteiger partial charge in [0.1, 0.15) is 0 Å². The standard InChI is InChI=1S/C48H30N4O2/c53-52(54)46-26-12-6-18-36(46)38-20-13-27-47(48(38)51-43-24-10-3-16-34(43)35-17-4-11-25-44(35)51)50-42-23-9-5-19-37(42)39-30-31(28-29-45(39)50)49-40-21-7-1-14-32(40)33-15-2-8-22-41(33)49/h1-30H. The van der Waals surface area contributed by atoms with E-state index >= 15 is 0 Å². The Bertz CT molecular complexity index is 3220. The van der Waals surface area contributed by atoms with Crippen molar-refractivity contribution in [3.8, 4) is 28.2 Å². The van der Waals surface area contributed by atoms with Crippen LogP contribution in [-0.4, -0.2) is 18.6 Å². The monoisotopic (exact) mass is 694 g/mol. The van der Waals surface area contributed by atoms with Gasteiger partial charge in [-0.1, -0.05) is 115 Å². The van der Waals surface area contributed by atoms with Gasteiger partial charge in [-0.2, -0.15) is 0 Å². The second-order valence-electron chi connectivity index (χ2n) is 13.7. The van der Waals surface area contributed by atoms with Crippen LogP contribution in [-0.2, 0) is 0 Å². The molecule has 0 saturated heterocycles. The minimum Gasteiger partial charge on any atom is -0.309 e. The van der Waals surface area contributed by atoms with E-state index in [-0.39, 0.29) is 10.6 Å². The van der Waals surface area contributed by atoms with Crippen molar-refractivity contribution in [2.24, 2.45) is 0 Å². The molecule has 0 aliphatic carbocycles. The number of hydrogen-bond acceptors (Lipinski definition) is 2. The van der Waals surface area contributed by atoms with Gasteiger partial charge >= 0.3 is 0 Å². The van der Waals surface area contributed by atoms with Crippen LogP contribution in [0.2, 0.25) is 0 Å². The quantitative estimate of drug-likeness (QED) is 0.133. The zero-order valence-electron chi connectivity index (χ0n) is 28.9. The van der Waals surface area contributed by atoms with Crippen molar-refractivity contribution in [2.75, 3.05) is 0 Å². The predicted molar refractivity (Wildman–Crippen MR) is 222 cm³/mol. The fourth-order valence-electron chi connectivity index (χ4n) is 8.75. The van der Waals surface area contributed by atoms with Crippen LogP contribution in [0.1, 0.15) is 0 Å². The zero-order chi connectivity index (χ0) is 35.9. The molecule has 254 valence electrons. The van der Waals surface area contributed by atoms with E-state index < -0.39 is 0 Å². The fraction of sp³-hybridized carbons (Fsp3) is 0. The summed E-state index contributed by atoms with van der Waals surface area (Å²) in [6.07, 6.45) is 0. The van der Waals surface area contributed by atoms with E-state index in [4.69, 9.17) is 0 Å². The smallest absolute Gasteiger partial charge is 0.277 e. The van der Waals surface area contributed by atoms with Crippen molar-refractivity contribution in [1.82, 2.24) is 13.7 Å². The van der Waals surface area contributed by atoms with E-state index in [1.165, 1.54) is 10.8 Å². The first-order chi connectivity index (χ1) is 26.7. The van der Waals surface area contributed by atoms with Gasteiger partial charge in [-0.25, -0.2) is 0 Å². The summed E-state index contributed by atoms with van der Waals surface area (Å²) in [6, 6.07) is 62.5. The van der Waals surface area contributed by atoms with Crippen LogP contribution in [0.25, 0.3) is 93.6 Å². The molecule has 3 aromatic heterocycles. The number of benzene rings is 8. The first-order valence-corrected chi connectivity index (χ1v) is 18.0. The first kappa shape index (κ1) is 30.2. The Morgan fingerprint density at radius 1 is 0.370 bits per heavy atom. The van der Waals surface area contributed by atoms with Crippen molar-refractivity contribution in [3.63, 3.8) is 0 Å². The molecule has 0 atom stereocenters. The summed E-state index contributed by atoms with van der Waals surface area (Å²) in [4.78, 5) is 12.3. The van der Waals surface area contributed by atoms with Gasteiger partial charge in [0.2, 0.25) is 0 Å². The van der Waals surface area contributed by atoms with E-state index in [1.807, 2.05) is 24.3 Å². The highest BCUT2D eigenvalue weighted by molar-refractivity contribution is 6.14. The zero-order valence-corrected chi connectivity index (χ0v) is 28.9. The van der Waals surface area contributed by atoms with E-state index in [0.717, 1.165) is 77.3 Å². The molecule has 0 bridgehead atoms. The van der Waals surface area contributed by atoms with Gasteiger partial charge in [-0.3, -0.25) is 10.1 Å². The van der Waals surface area contributed by atoms with Crippen LogP contribution in [0.5, 0.6) is 0 Å². The lowest BCUT2D eigenvalue weighted by atomic mass is 10.00. The molecule has 0 spiro atoms. The summed E-state index contributed by atoms with van der Waals surface area (Å²) in [5.74, 6) is 0. The molecule has 0 amide bonds. The lowest BCUT2D eigenvalue weighted by Crippen LogP contribution is -2.06. The van der Waals surface area contributed by atoms with Crippen molar-refractivity contribution >= 4 is 71.1 Å². The van der Waals surface area contributed by atoms with Crippen LogP contribution in [0.4, 0.5) is 5.69 Å². The van der Waals surface area contributed by atoms with Gasteiger partial charge in [-0.15, -0.1) is 0 Å². The summed E-state index contributed by atoms with van der Waals surface area (Å²) < 4.78 is 6.98. The van der Waals surface area contributed by atoms with E-state index in [2.05, 4.69) is 159 Å².